The van der Waals surface area contributed by atoms with Crippen molar-refractivity contribution in [1.82, 2.24) is 0 Å². The van der Waals surface area contributed by atoms with Crippen LogP contribution in [-0.4, -0.2) is 19.1 Å². The maximum absolute atomic E-state index is 12.0. The molecule has 0 atom stereocenters. The van der Waals surface area contributed by atoms with Crippen molar-refractivity contribution in [2.75, 3.05) is 18.5 Å². The molecule has 0 aliphatic rings. The van der Waals surface area contributed by atoms with Gasteiger partial charge in [0.2, 0.25) is 0 Å². The molecule has 22 heavy (non-hydrogen) atoms. The van der Waals surface area contributed by atoms with Gasteiger partial charge in [-0.15, -0.1) is 0 Å². The van der Waals surface area contributed by atoms with Crippen LogP contribution in [0.5, 0.6) is 11.5 Å². The number of amides is 1. The van der Waals surface area contributed by atoms with Crippen molar-refractivity contribution < 1.29 is 14.3 Å². The zero-order valence-corrected chi connectivity index (χ0v) is 14.1. The van der Waals surface area contributed by atoms with Crippen molar-refractivity contribution in [3.8, 4) is 11.5 Å². The molecule has 2 aromatic carbocycles. The van der Waals surface area contributed by atoms with Crippen molar-refractivity contribution in [2.45, 2.75) is 13.8 Å². The van der Waals surface area contributed by atoms with Gasteiger partial charge in [-0.05, 0) is 43.7 Å². The molecular formula is C17H18BrNO3. The predicted molar refractivity (Wildman–Crippen MR) is 90.6 cm³/mol. The smallest absolute Gasteiger partial charge is 0.262 e. The summed E-state index contributed by atoms with van der Waals surface area (Å²) in [6.45, 7) is 4.36. The largest absolute Gasteiger partial charge is 0.490 e. The number of hydrogen-bond acceptors (Lipinski definition) is 3. The molecule has 0 aliphatic carbocycles. The second-order valence-corrected chi connectivity index (χ2v) is 5.53. The molecule has 0 fully saturated rings. The van der Waals surface area contributed by atoms with Crippen molar-refractivity contribution in [3.63, 3.8) is 0 Å². The van der Waals surface area contributed by atoms with Gasteiger partial charge < -0.3 is 14.8 Å². The fourth-order valence-electron chi connectivity index (χ4n) is 1.86. The molecule has 4 nitrogen and oxygen atoms in total. The predicted octanol–water partition coefficient (Wildman–Crippen LogP) is 4.17. The van der Waals surface area contributed by atoms with E-state index in [1.54, 1.807) is 6.07 Å². The molecule has 0 radical (unpaired) electrons. The summed E-state index contributed by atoms with van der Waals surface area (Å²) in [7, 11) is 0. The Labute approximate surface area is 138 Å². The van der Waals surface area contributed by atoms with Gasteiger partial charge in [-0.1, -0.05) is 34.1 Å². The van der Waals surface area contributed by atoms with Crippen molar-refractivity contribution in [1.29, 1.82) is 0 Å². The Balaban J connectivity index is 1.94. The summed E-state index contributed by atoms with van der Waals surface area (Å²) in [5, 5.41) is 2.80. The topological polar surface area (TPSA) is 47.6 Å². The average Bonchev–Trinajstić information content (AvgIpc) is 2.50. The van der Waals surface area contributed by atoms with Gasteiger partial charge in [-0.2, -0.15) is 0 Å². The van der Waals surface area contributed by atoms with Crippen molar-refractivity contribution >= 4 is 27.5 Å². The van der Waals surface area contributed by atoms with Gasteiger partial charge in [0.1, 0.15) is 0 Å². The van der Waals surface area contributed by atoms with Gasteiger partial charge in [0.05, 0.1) is 6.61 Å². The minimum absolute atomic E-state index is 0.0738. The Bertz CT molecular complexity index is 658. The van der Waals surface area contributed by atoms with E-state index in [1.807, 2.05) is 50.2 Å². The number of para-hydroxylation sites is 2. The molecule has 2 rings (SSSR count). The first kappa shape index (κ1) is 16.4. The van der Waals surface area contributed by atoms with E-state index in [0.717, 1.165) is 15.7 Å². The van der Waals surface area contributed by atoms with Crippen LogP contribution in [0.3, 0.4) is 0 Å². The van der Waals surface area contributed by atoms with E-state index < -0.39 is 0 Å². The first-order valence-corrected chi connectivity index (χ1v) is 7.80. The molecule has 116 valence electrons. The summed E-state index contributed by atoms with van der Waals surface area (Å²) in [5.74, 6) is 0.975. The fraction of sp³-hybridized carbons (Fsp3) is 0.235. The highest BCUT2D eigenvalue weighted by molar-refractivity contribution is 9.10. The minimum atomic E-state index is -0.220. The molecule has 0 saturated heterocycles. The third-order valence-corrected chi connectivity index (χ3v) is 3.82. The summed E-state index contributed by atoms with van der Waals surface area (Å²) in [6.07, 6.45) is 0. The quantitative estimate of drug-likeness (QED) is 0.837. The SMILES string of the molecule is CCOc1ccccc1OCC(=O)Nc1ccc(C)c(Br)c1. The maximum atomic E-state index is 12.0. The summed E-state index contributed by atoms with van der Waals surface area (Å²) in [5.41, 5.74) is 1.84. The van der Waals surface area contributed by atoms with Gasteiger partial charge in [-0.3, -0.25) is 4.79 Å². The Hall–Kier alpha value is -2.01. The van der Waals surface area contributed by atoms with Crippen LogP contribution in [-0.2, 0) is 4.79 Å². The Morgan fingerprint density at radius 3 is 2.45 bits per heavy atom. The average molecular weight is 364 g/mol. The number of nitrogens with one attached hydrogen (secondary N) is 1. The monoisotopic (exact) mass is 363 g/mol. The highest BCUT2D eigenvalue weighted by Crippen LogP contribution is 2.26. The van der Waals surface area contributed by atoms with E-state index in [0.29, 0.717) is 18.1 Å². The standard InChI is InChI=1S/C17H18BrNO3/c1-3-21-15-6-4-5-7-16(15)22-11-17(20)19-13-9-8-12(2)14(18)10-13/h4-10H,3,11H2,1-2H3,(H,19,20). The number of carbonyl (C=O) groups is 1. The molecule has 5 heteroatoms. The number of aryl methyl sites for hydroxylation is 1. The van der Waals surface area contributed by atoms with Crippen LogP contribution in [0.2, 0.25) is 0 Å². The van der Waals surface area contributed by atoms with Crippen LogP contribution in [0.25, 0.3) is 0 Å². The number of rotatable bonds is 6. The Morgan fingerprint density at radius 1 is 1.14 bits per heavy atom. The summed E-state index contributed by atoms with van der Waals surface area (Å²) in [4.78, 5) is 12.0. The minimum Gasteiger partial charge on any atom is -0.490 e. The molecule has 0 heterocycles. The first-order valence-electron chi connectivity index (χ1n) is 7.00. The van der Waals surface area contributed by atoms with Crippen LogP contribution in [0, 0.1) is 6.92 Å². The lowest BCUT2D eigenvalue weighted by Crippen LogP contribution is -2.20. The van der Waals surface area contributed by atoms with Gasteiger partial charge in [0.25, 0.3) is 5.91 Å². The van der Waals surface area contributed by atoms with E-state index in [4.69, 9.17) is 9.47 Å². The number of ether oxygens (including phenoxy) is 2. The molecule has 0 saturated carbocycles. The highest BCUT2D eigenvalue weighted by atomic mass is 79.9. The molecular weight excluding hydrogens is 346 g/mol. The third-order valence-electron chi connectivity index (χ3n) is 2.96. The van der Waals surface area contributed by atoms with Crippen molar-refractivity contribution in [2.24, 2.45) is 0 Å². The molecule has 1 amide bonds. The van der Waals surface area contributed by atoms with Crippen LogP contribution < -0.4 is 14.8 Å². The lowest BCUT2D eigenvalue weighted by atomic mass is 10.2. The number of hydrogen-bond donors (Lipinski definition) is 1. The number of benzene rings is 2. The Kier molecular flexibility index (Phi) is 5.83. The van der Waals surface area contributed by atoms with E-state index in [2.05, 4.69) is 21.2 Å². The summed E-state index contributed by atoms with van der Waals surface area (Å²) < 4.78 is 11.9. The second-order valence-electron chi connectivity index (χ2n) is 4.68. The highest BCUT2D eigenvalue weighted by Gasteiger charge is 2.08. The van der Waals surface area contributed by atoms with E-state index in [1.165, 1.54) is 0 Å². The fourth-order valence-corrected chi connectivity index (χ4v) is 2.23. The lowest BCUT2D eigenvalue weighted by molar-refractivity contribution is -0.118. The molecule has 0 aromatic heterocycles. The zero-order valence-electron chi connectivity index (χ0n) is 12.6. The molecule has 0 bridgehead atoms. The molecule has 0 aliphatic heterocycles. The number of carbonyl (C=O) groups excluding carboxylic acids is 1. The molecule has 2 aromatic rings. The normalized spacial score (nSPS) is 10.1. The number of halogens is 1. The van der Waals surface area contributed by atoms with Gasteiger partial charge >= 0.3 is 0 Å². The lowest BCUT2D eigenvalue weighted by Gasteiger charge is -2.12. The summed E-state index contributed by atoms with van der Waals surface area (Å²) >= 11 is 3.44. The van der Waals surface area contributed by atoms with Gasteiger partial charge in [-0.25, -0.2) is 0 Å². The van der Waals surface area contributed by atoms with Crippen LogP contribution in [0.1, 0.15) is 12.5 Å². The molecule has 0 spiro atoms. The maximum Gasteiger partial charge on any atom is 0.262 e. The molecule has 0 unspecified atom stereocenters. The van der Waals surface area contributed by atoms with E-state index >= 15 is 0 Å². The third kappa shape index (κ3) is 4.49. The van der Waals surface area contributed by atoms with Crippen LogP contribution >= 0.6 is 15.9 Å². The molecule has 1 N–H and O–H groups in total. The van der Waals surface area contributed by atoms with E-state index in [9.17, 15) is 4.79 Å². The van der Waals surface area contributed by atoms with Crippen molar-refractivity contribution in [3.05, 3.63) is 52.5 Å². The Morgan fingerprint density at radius 2 is 1.82 bits per heavy atom. The van der Waals surface area contributed by atoms with Crippen LogP contribution in [0.15, 0.2) is 46.9 Å². The van der Waals surface area contributed by atoms with E-state index in [-0.39, 0.29) is 12.5 Å². The zero-order chi connectivity index (χ0) is 15.9. The number of anilines is 1. The summed E-state index contributed by atoms with van der Waals surface area (Å²) in [6, 6.07) is 12.9. The van der Waals surface area contributed by atoms with Gasteiger partial charge in [0, 0.05) is 10.2 Å². The first-order chi connectivity index (χ1) is 10.6. The van der Waals surface area contributed by atoms with Crippen LogP contribution in [0.4, 0.5) is 5.69 Å². The second kappa shape index (κ2) is 7.84. The van der Waals surface area contributed by atoms with Gasteiger partial charge in [0.15, 0.2) is 18.1 Å².